The van der Waals surface area contributed by atoms with Crippen molar-refractivity contribution in [2.45, 2.75) is 45.6 Å². The standard InChI is InChI=1S/C21H31NO2/c1-4-6-14-22(15-7-5-2)16-19(23)21-18-11-9-8-10-17(18)12-13-20(21)24-3/h8-13,19,23H,4-7,14-16H2,1-3H3/t19-/m0/s1. The summed E-state index contributed by atoms with van der Waals surface area (Å²) in [6.45, 7) is 7.16. The normalized spacial score (nSPS) is 12.7. The Morgan fingerprint density at radius 1 is 1.00 bits per heavy atom. The van der Waals surface area contributed by atoms with Crippen molar-refractivity contribution >= 4 is 10.8 Å². The van der Waals surface area contributed by atoms with Crippen LogP contribution in [-0.2, 0) is 0 Å². The third kappa shape index (κ3) is 4.71. The summed E-state index contributed by atoms with van der Waals surface area (Å²) in [5.74, 6) is 0.770. The molecule has 0 saturated heterocycles. The van der Waals surface area contributed by atoms with Crippen molar-refractivity contribution in [2.24, 2.45) is 0 Å². The maximum absolute atomic E-state index is 11.0. The van der Waals surface area contributed by atoms with Crippen LogP contribution in [0.1, 0.15) is 51.2 Å². The molecule has 1 N–H and O–H groups in total. The SMILES string of the molecule is CCCCN(CCCC)C[C@H](O)c1c(OC)ccc2ccccc12. The Labute approximate surface area is 146 Å². The molecule has 0 aromatic heterocycles. The Morgan fingerprint density at radius 3 is 2.29 bits per heavy atom. The van der Waals surface area contributed by atoms with Crippen molar-refractivity contribution in [2.75, 3.05) is 26.7 Å². The zero-order valence-electron chi connectivity index (χ0n) is 15.3. The third-order valence-corrected chi connectivity index (χ3v) is 4.57. The van der Waals surface area contributed by atoms with Gasteiger partial charge in [0.15, 0.2) is 0 Å². The van der Waals surface area contributed by atoms with E-state index in [4.69, 9.17) is 4.74 Å². The second-order valence-electron chi connectivity index (χ2n) is 6.43. The number of benzene rings is 2. The van der Waals surface area contributed by atoms with E-state index in [9.17, 15) is 5.11 Å². The Hall–Kier alpha value is -1.58. The minimum atomic E-state index is -0.542. The maximum Gasteiger partial charge on any atom is 0.125 e. The van der Waals surface area contributed by atoms with E-state index in [1.165, 1.54) is 25.7 Å². The number of ether oxygens (including phenoxy) is 1. The van der Waals surface area contributed by atoms with Gasteiger partial charge in [0.1, 0.15) is 5.75 Å². The number of aliphatic hydroxyl groups is 1. The van der Waals surface area contributed by atoms with Gasteiger partial charge in [0, 0.05) is 12.1 Å². The van der Waals surface area contributed by atoms with Gasteiger partial charge in [-0.25, -0.2) is 0 Å². The number of unbranched alkanes of at least 4 members (excludes halogenated alkanes) is 2. The van der Waals surface area contributed by atoms with Crippen LogP contribution in [0.5, 0.6) is 5.75 Å². The van der Waals surface area contributed by atoms with Gasteiger partial charge in [-0.05, 0) is 42.8 Å². The summed E-state index contributed by atoms with van der Waals surface area (Å²) >= 11 is 0. The third-order valence-electron chi connectivity index (χ3n) is 4.57. The first-order chi connectivity index (χ1) is 11.7. The minimum Gasteiger partial charge on any atom is -0.496 e. The summed E-state index contributed by atoms with van der Waals surface area (Å²) in [6.07, 6.45) is 4.15. The largest absolute Gasteiger partial charge is 0.496 e. The van der Waals surface area contributed by atoms with Gasteiger partial charge in [-0.2, -0.15) is 0 Å². The Morgan fingerprint density at radius 2 is 1.67 bits per heavy atom. The molecule has 0 spiro atoms. The summed E-state index contributed by atoms with van der Waals surface area (Å²) in [5, 5.41) is 13.2. The lowest BCUT2D eigenvalue weighted by molar-refractivity contribution is 0.110. The van der Waals surface area contributed by atoms with Crippen LogP contribution in [-0.4, -0.2) is 36.8 Å². The molecule has 0 bridgehead atoms. The van der Waals surface area contributed by atoms with Crippen LogP contribution in [0.4, 0.5) is 0 Å². The molecule has 0 saturated carbocycles. The van der Waals surface area contributed by atoms with Crippen molar-refractivity contribution in [3.63, 3.8) is 0 Å². The molecule has 1 atom stereocenters. The predicted octanol–water partition coefficient (Wildman–Crippen LogP) is 4.78. The molecule has 0 aliphatic carbocycles. The molecule has 24 heavy (non-hydrogen) atoms. The molecular formula is C21H31NO2. The van der Waals surface area contributed by atoms with Crippen molar-refractivity contribution in [1.82, 2.24) is 4.90 Å². The molecule has 0 radical (unpaired) electrons. The van der Waals surface area contributed by atoms with E-state index >= 15 is 0 Å². The van der Waals surface area contributed by atoms with E-state index in [1.54, 1.807) is 7.11 Å². The zero-order chi connectivity index (χ0) is 17.4. The van der Waals surface area contributed by atoms with E-state index in [2.05, 4.69) is 36.9 Å². The molecule has 0 aliphatic rings. The van der Waals surface area contributed by atoms with E-state index in [-0.39, 0.29) is 0 Å². The number of methoxy groups -OCH3 is 1. The fraction of sp³-hybridized carbons (Fsp3) is 0.524. The lowest BCUT2D eigenvalue weighted by atomic mass is 9.98. The van der Waals surface area contributed by atoms with Gasteiger partial charge >= 0.3 is 0 Å². The minimum absolute atomic E-state index is 0.542. The second-order valence-corrected chi connectivity index (χ2v) is 6.43. The predicted molar refractivity (Wildman–Crippen MR) is 102 cm³/mol. The van der Waals surface area contributed by atoms with E-state index in [0.29, 0.717) is 6.54 Å². The summed E-state index contributed by atoms with van der Waals surface area (Å²) in [5.41, 5.74) is 0.911. The van der Waals surface area contributed by atoms with Crippen LogP contribution < -0.4 is 4.74 Å². The van der Waals surface area contributed by atoms with Crippen LogP contribution in [0, 0.1) is 0 Å². The highest BCUT2D eigenvalue weighted by molar-refractivity contribution is 5.88. The molecule has 3 heteroatoms. The molecule has 0 aliphatic heterocycles. The Kier molecular flexibility index (Phi) is 7.54. The molecule has 2 rings (SSSR count). The highest BCUT2D eigenvalue weighted by atomic mass is 16.5. The van der Waals surface area contributed by atoms with Crippen molar-refractivity contribution in [1.29, 1.82) is 0 Å². The fourth-order valence-corrected chi connectivity index (χ4v) is 3.19. The number of nitrogens with zero attached hydrogens (tertiary/aromatic N) is 1. The molecule has 3 nitrogen and oxygen atoms in total. The van der Waals surface area contributed by atoms with Crippen LogP contribution in [0.3, 0.4) is 0 Å². The molecule has 2 aromatic rings. The lowest BCUT2D eigenvalue weighted by Crippen LogP contribution is -2.31. The molecule has 0 heterocycles. The molecule has 0 amide bonds. The molecule has 2 aromatic carbocycles. The average molecular weight is 329 g/mol. The number of hydrogen-bond donors (Lipinski definition) is 1. The molecule has 132 valence electrons. The van der Waals surface area contributed by atoms with Crippen LogP contribution >= 0.6 is 0 Å². The van der Waals surface area contributed by atoms with Crippen molar-refractivity contribution < 1.29 is 9.84 Å². The highest BCUT2D eigenvalue weighted by Crippen LogP contribution is 2.33. The summed E-state index contributed by atoms with van der Waals surface area (Å²) in [6, 6.07) is 12.2. The first-order valence-electron chi connectivity index (χ1n) is 9.17. The van der Waals surface area contributed by atoms with Gasteiger partial charge in [0.05, 0.1) is 13.2 Å². The first kappa shape index (κ1) is 18.8. The number of aliphatic hydroxyl groups excluding tert-OH is 1. The average Bonchev–Trinajstić information content (AvgIpc) is 2.62. The topological polar surface area (TPSA) is 32.7 Å². The number of rotatable bonds is 10. The number of hydrogen-bond acceptors (Lipinski definition) is 3. The summed E-state index contributed by atoms with van der Waals surface area (Å²) in [7, 11) is 1.67. The zero-order valence-corrected chi connectivity index (χ0v) is 15.3. The van der Waals surface area contributed by atoms with Gasteiger partial charge in [0.25, 0.3) is 0 Å². The van der Waals surface area contributed by atoms with Gasteiger partial charge in [-0.15, -0.1) is 0 Å². The fourth-order valence-electron chi connectivity index (χ4n) is 3.19. The quantitative estimate of drug-likeness (QED) is 0.680. The maximum atomic E-state index is 11.0. The first-order valence-corrected chi connectivity index (χ1v) is 9.17. The van der Waals surface area contributed by atoms with Gasteiger partial charge in [0.2, 0.25) is 0 Å². The molecular weight excluding hydrogens is 298 g/mol. The summed E-state index contributed by atoms with van der Waals surface area (Å²) < 4.78 is 5.54. The molecule has 0 unspecified atom stereocenters. The van der Waals surface area contributed by atoms with Crippen LogP contribution in [0.15, 0.2) is 36.4 Å². The monoisotopic (exact) mass is 329 g/mol. The smallest absolute Gasteiger partial charge is 0.125 e. The van der Waals surface area contributed by atoms with E-state index in [0.717, 1.165) is 35.2 Å². The van der Waals surface area contributed by atoms with Gasteiger partial charge in [-0.1, -0.05) is 57.0 Å². The van der Waals surface area contributed by atoms with Crippen molar-refractivity contribution in [3.05, 3.63) is 42.0 Å². The Balaban J connectivity index is 2.26. The van der Waals surface area contributed by atoms with Gasteiger partial charge < -0.3 is 14.7 Å². The second kappa shape index (κ2) is 9.65. The summed E-state index contributed by atoms with van der Waals surface area (Å²) in [4.78, 5) is 2.39. The number of fused-ring (bicyclic) bond motifs is 1. The van der Waals surface area contributed by atoms with Crippen molar-refractivity contribution in [3.8, 4) is 5.75 Å². The highest BCUT2D eigenvalue weighted by Gasteiger charge is 2.19. The molecule has 0 fully saturated rings. The van der Waals surface area contributed by atoms with Gasteiger partial charge in [-0.3, -0.25) is 0 Å². The van der Waals surface area contributed by atoms with Crippen LogP contribution in [0.2, 0.25) is 0 Å². The Bertz CT molecular complexity index is 618. The lowest BCUT2D eigenvalue weighted by Gasteiger charge is -2.26. The van der Waals surface area contributed by atoms with E-state index < -0.39 is 6.10 Å². The van der Waals surface area contributed by atoms with Crippen LogP contribution in [0.25, 0.3) is 10.8 Å². The van der Waals surface area contributed by atoms with E-state index in [1.807, 2.05) is 18.2 Å².